The molecular formula is C10H20N2O3. The summed E-state index contributed by atoms with van der Waals surface area (Å²) in [6.45, 7) is 6.29. The van der Waals surface area contributed by atoms with E-state index in [0.717, 1.165) is 0 Å². The average Bonchev–Trinajstić information content (AvgIpc) is 2.13. The lowest BCUT2D eigenvalue weighted by Gasteiger charge is -2.20. The van der Waals surface area contributed by atoms with Crippen molar-refractivity contribution < 1.29 is 14.7 Å². The Morgan fingerprint density at radius 3 is 2.27 bits per heavy atom. The summed E-state index contributed by atoms with van der Waals surface area (Å²) in [5.74, 6) is -0.662. The van der Waals surface area contributed by atoms with Crippen LogP contribution in [0, 0.1) is 5.92 Å². The van der Waals surface area contributed by atoms with Crippen LogP contribution in [0.2, 0.25) is 0 Å². The minimum Gasteiger partial charge on any atom is -0.480 e. The van der Waals surface area contributed by atoms with E-state index in [9.17, 15) is 9.59 Å². The van der Waals surface area contributed by atoms with Gasteiger partial charge in [-0.2, -0.15) is 0 Å². The second kappa shape index (κ2) is 6.40. The molecule has 0 saturated carbocycles. The van der Waals surface area contributed by atoms with Gasteiger partial charge in [-0.3, -0.25) is 14.5 Å². The van der Waals surface area contributed by atoms with Gasteiger partial charge in [0.2, 0.25) is 5.91 Å². The van der Waals surface area contributed by atoms with Gasteiger partial charge in [-0.15, -0.1) is 0 Å². The first-order valence-corrected chi connectivity index (χ1v) is 5.04. The summed E-state index contributed by atoms with van der Waals surface area (Å²) in [5, 5.41) is 11.4. The summed E-state index contributed by atoms with van der Waals surface area (Å²) >= 11 is 0. The Bertz CT molecular complexity index is 229. The summed E-state index contributed by atoms with van der Waals surface area (Å²) in [5.41, 5.74) is 0. The minimum absolute atomic E-state index is 0.111. The molecule has 0 aliphatic heterocycles. The average molecular weight is 216 g/mol. The first-order valence-electron chi connectivity index (χ1n) is 5.04. The smallest absolute Gasteiger partial charge is 0.320 e. The third-order valence-electron chi connectivity index (χ3n) is 2.12. The van der Waals surface area contributed by atoms with Crippen LogP contribution in [0.25, 0.3) is 0 Å². The fourth-order valence-electron chi connectivity index (χ4n) is 0.926. The van der Waals surface area contributed by atoms with Crippen LogP contribution in [-0.4, -0.2) is 48.1 Å². The van der Waals surface area contributed by atoms with Gasteiger partial charge in [0.15, 0.2) is 0 Å². The van der Waals surface area contributed by atoms with Crippen molar-refractivity contribution in [3.8, 4) is 0 Å². The zero-order valence-corrected chi connectivity index (χ0v) is 9.78. The van der Waals surface area contributed by atoms with E-state index in [0.29, 0.717) is 12.5 Å². The highest BCUT2D eigenvalue weighted by atomic mass is 16.4. The van der Waals surface area contributed by atoms with Crippen molar-refractivity contribution >= 4 is 11.9 Å². The molecule has 0 aliphatic rings. The number of amides is 1. The van der Waals surface area contributed by atoms with Gasteiger partial charge >= 0.3 is 5.97 Å². The van der Waals surface area contributed by atoms with Gasteiger partial charge in [0.25, 0.3) is 0 Å². The SMILES string of the molecule is CC(C)CNC(=O)CN(C)C(C)C(=O)O. The fourth-order valence-corrected chi connectivity index (χ4v) is 0.926. The second-order valence-corrected chi connectivity index (χ2v) is 4.13. The predicted octanol–water partition coefficient (Wildman–Crippen LogP) is 0.164. The van der Waals surface area contributed by atoms with Gasteiger partial charge < -0.3 is 10.4 Å². The molecule has 5 heteroatoms. The Balaban J connectivity index is 3.91. The number of hydrogen-bond acceptors (Lipinski definition) is 3. The van der Waals surface area contributed by atoms with Crippen molar-refractivity contribution in [2.45, 2.75) is 26.8 Å². The van der Waals surface area contributed by atoms with Gasteiger partial charge in [0, 0.05) is 6.54 Å². The highest BCUT2D eigenvalue weighted by Gasteiger charge is 2.18. The lowest BCUT2D eigenvalue weighted by Crippen LogP contribution is -2.43. The Hall–Kier alpha value is -1.10. The molecule has 0 aromatic rings. The number of carboxylic acids is 1. The van der Waals surface area contributed by atoms with Gasteiger partial charge in [0.05, 0.1) is 6.54 Å². The molecule has 1 atom stereocenters. The van der Waals surface area contributed by atoms with Crippen LogP contribution in [0.5, 0.6) is 0 Å². The lowest BCUT2D eigenvalue weighted by atomic mass is 10.2. The first kappa shape index (κ1) is 13.9. The zero-order valence-electron chi connectivity index (χ0n) is 9.78. The van der Waals surface area contributed by atoms with E-state index >= 15 is 0 Å². The molecular weight excluding hydrogens is 196 g/mol. The Morgan fingerprint density at radius 2 is 1.87 bits per heavy atom. The number of nitrogens with zero attached hydrogens (tertiary/aromatic N) is 1. The Labute approximate surface area is 90.5 Å². The highest BCUT2D eigenvalue weighted by Crippen LogP contribution is 1.95. The van der Waals surface area contributed by atoms with Crippen molar-refractivity contribution in [2.24, 2.45) is 5.92 Å². The van der Waals surface area contributed by atoms with Crippen molar-refractivity contribution in [3.63, 3.8) is 0 Å². The molecule has 0 bridgehead atoms. The van der Waals surface area contributed by atoms with Crippen LogP contribution in [0.15, 0.2) is 0 Å². The van der Waals surface area contributed by atoms with E-state index in [1.54, 1.807) is 14.0 Å². The molecule has 0 spiro atoms. The third kappa shape index (κ3) is 6.06. The normalized spacial score (nSPS) is 12.9. The molecule has 1 unspecified atom stereocenters. The third-order valence-corrected chi connectivity index (χ3v) is 2.12. The van der Waals surface area contributed by atoms with Gasteiger partial charge in [-0.25, -0.2) is 0 Å². The van der Waals surface area contributed by atoms with E-state index in [-0.39, 0.29) is 12.5 Å². The molecule has 2 N–H and O–H groups in total. The van der Waals surface area contributed by atoms with Crippen LogP contribution in [0.3, 0.4) is 0 Å². The highest BCUT2D eigenvalue weighted by molar-refractivity contribution is 5.79. The maximum Gasteiger partial charge on any atom is 0.320 e. The summed E-state index contributed by atoms with van der Waals surface area (Å²) in [7, 11) is 1.62. The topological polar surface area (TPSA) is 69.6 Å². The number of aliphatic carboxylic acids is 1. The largest absolute Gasteiger partial charge is 0.480 e. The van der Waals surface area contributed by atoms with Crippen LogP contribution in [0.1, 0.15) is 20.8 Å². The molecule has 0 aliphatic carbocycles. The molecule has 0 saturated heterocycles. The molecule has 0 fully saturated rings. The number of carbonyl (C=O) groups excluding carboxylic acids is 1. The molecule has 15 heavy (non-hydrogen) atoms. The standard InChI is InChI=1S/C10H20N2O3/c1-7(2)5-11-9(13)6-12(4)8(3)10(14)15/h7-8H,5-6H2,1-4H3,(H,11,13)(H,14,15). The molecule has 0 aromatic carbocycles. The summed E-state index contributed by atoms with van der Waals surface area (Å²) < 4.78 is 0. The summed E-state index contributed by atoms with van der Waals surface area (Å²) in [4.78, 5) is 23.5. The van der Waals surface area contributed by atoms with E-state index in [1.165, 1.54) is 4.90 Å². The first-order chi connectivity index (χ1) is 6.84. The fraction of sp³-hybridized carbons (Fsp3) is 0.800. The van der Waals surface area contributed by atoms with Gasteiger partial charge in [-0.05, 0) is 19.9 Å². The van der Waals surface area contributed by atoms with E-state index in [4.69, 9.17) is 5.11 Å². The molecule has 0 heterocycles. The summed E-state index contributed by atoms with van der Waals surface area (Å²) in [6.07, 6.45) is 0. The number of likely N-dealkylation sites (N-methyl/N-ethyl adjacent to an activating group) is 1. The molecule has 88 valence electrons. The van der Waals surface area contributed by atoms with Crippen LogP contribution in [-0.2, 0) is 9.59 Å². The summed E-state index contributed by atoms with van der Waals surface area (Å²) in [6, 6.07) is -0.644. The number of carbonyl (C=O) groups is 2. The van der Waals surface area contributed by atoms with E-state index in [1.807, 2.05) is 13.8 Å². The Kier molecular flexibility index (Phi) is 5.93. The molecule has 0 radical (unpaired) electrons. The minimum atomic E-state index is -0.922. The monoisotopic (exact) mass is 216 g/mol. The van der Waals surface area contributed by atoms with Crippen LogP contribution in [0.4, 0.5) is 0 Å². The van der Waals surface area contributed by atoms with E-state index < -0.39 is 12.0 Å². The van der Waals surface area contributed by atoms with Crippen molar-refractivity contribution in [3.05, 3.63) is 0 Å². The number of rotatable bonds is 6. The zero-order chi connectivity index (χ0) is 12.0. The lowest BCUT2D eigenvalue weighted by molar-refractivity contribution is -0.142. The maximum absolute atomic E-state index is 11.3. The predicted molar refractivity (Wildman–Crippen MR) is 57.6 cm³/mol. The molecule has 5 nitrogen and oxygen atoms in total. The van der Waals surface area contributed by atoms with E-state index in [2.05, 4.69) is 5.32 Å². The quantitative estimate of drug-likeness (QED) is 0.663. The molecule has 0 aromatic heterocycles. The second-order valence-electron chi connectivity index (χ2n) is 4.13. The van der Waals surface area contributed by atoms with Crippen molar-refractivity contribution in [1.82, 2.24) is 10.2 Å². The van der Waals surface area contributed by atoms with Crippen LogP contribution < -0.4 is 5.32 Å². The van der Waals surface area contributed by atoms with Crippen molar-refractivity contribution in [1.29, 1.82) is 0 Å². The number of hydrogen-bond donors (Lipinski definition) is 2. The molecule has 0 rings (SSSR count). The van der Waals surface area contributed by atoms with Gasteiger partial charge in [0.1, 0.15) is 6.04 Å². The number of nitrogens with one attached hydrogen (secondary N) is 1. The Morgan fingerprint density at radius 1 is 1.33 bits per heavy atom. The van der Waals surface area contributed by atoms with Crippen molar-refractivity contribution in [2.75, 3.05) is 20.1 Å². The maximum atomic E-state index is 11.3. The molecule has 1 amide bonds. The van der Waals surface area contributed by atoms with Crippen LogP contribution >= 0.6 is 0 Å². The van der Waals surface area contributed by atoms with Gasteiger partial charge in [-0.1, -0.05) is 13.8 Å². The number of carboxylic acid groups (broad SMARTS) is 1.